The number of hydrogen-bond donors (Lipinski definition) is 2. The van der Waals surface area contributed by atoms with Gasteiger partial charge in [-0.2, -0.15) is 4.80 Å². The summed E-state index contributed by atoms with van der Waals surface area (Å²) >= 11 is 6.66. The molecule has 2 N–H and O–H groups in total. The SMILES string of the molecule is CC(C)/C=C(\c1ccc(CCc2nnn(CCCC(=O)O)n2)c(Cl)c1)c1ccc(C2CC2)c(=O)[nH]1. The maximum atomic E-state index is 12.6. The van der Waals surface area contributed by atoms with Crippen LogP contribution in [0.3, 0.4) is 0 Å². The van der Waals surface area contributed by atoms with Gasteiger partial charge in [0.25, 0.3) is 5.56 Å². The van der Waals surface area contributed by atoms with E-state index < -0.39 is 5.97 Å². The molecule has 1 aliphatic rings. The Bertz CT molecular complexity index is 1290. The van der Waals surface area contributed by atoms with Crippen LogP contribution in [-0.4, -0.2) is 36.3 Å². The molecule has 4 rings (SSSR count). The number of pyridine rings is 1. The molecule has 0 spiro atoms. The lowest BCUT2D eigenvalue weighted by molar-refractivity contribution is -0.137. The molecule has 0 atom stereocenters. The number of tetrazole rings is 1. The summed E-state index contributed by atoms with van der Waals surface area (Å²) in [5.74, 6) is 0.449. The fraction of sp³-hybridized carbons (Fsp3) is 0.423. The van der Waals surface area contributed by atoms with E-state index in [2.05, 4.69) is 40.3 Å². The van der Waals surface area contributed by atoms with Crippen molar-refractivity contribution >= 4 is 23.1 Å². The molecule has 3 aromatic rings. The number of aromatic amines is 1. The number of aromatic nitrogens is 5. The van der Waals surface area contributed by atoms with Crippen molar-refractivity contribution in [1.82, 2.24) is 25.2 Å². The third-order valence-electron chi connectivity index (χ3n) is 5.97. The van der Waals surface area contributed by atoms with Crippen LogP contribution in [0.25, 0.3) is 5.57 Å². The molecule has 0 amide bonds. The molecule has 8 nitrogen and oxygen atoms in total. The molecule has 1 fully saturated rings. The smallest absolute Gasteiger partial charge is 0.303 e. The molecule has 0 unspecified atom stereocenters. The average Bonchev–Trinajstić information content (AvgIpc) is 3.55. The Labute approximate surface area is 209 Å². The van der Waals surface area contributed by atoms with Crippen molar-refractivity contribution in [3.05, 3.63) is 80.0 Å². The van der Waals surface area contributed by atoms with Crippen LogP contribution in [0.15, 0.2) is 41.2 Å². The average molecular weight is 496 g/mol. The highest BCUT2D eigenvalue weighted by Crippen LogP contribution is 2.38. The van der Waals surface area contributed by atoms with E-state index in [0.29, 0.717) is 48.5 Å². The summed E-state index contributed by atoms with van der Waals surface area (Å²) < 4.78 is 0. The molecular formula is C26H30ClN5O3. The van der Waals surface area contributed by atoms with E-state index in [0.717, 1.165) is 40.8 Å². The summed E-state index contributed by atoms with van der Waals surface area (Å²) in [5, 5.41) is 21.7. The van der Waals surface area contributed by atoms with E-state index in [1.165, 1.54) is 4.80 Å². The second-order valence-corrected chi connectivity index (χ2v) is 9.77. The first kappa shape index (κ1) is 24.9. The topological polar surface area (TPSA) is 114 Å². The van der Waals surface area contributed by atoms with Crippen molar-refractivity contribution in [2.75, 3.05) is 0 Å². The number of nitrogens with one attached hydrogen (secondary N) is 1. The number of carboxylic acid groups (broad SMARTS) is 1. The first-order chi connectivity index (χ1) is 16.8. The summed E-state index contributed by atoms with van der Waals surface area (Å²) in [6, 6.07) is 9.92. The molecule has 0 aliphatic heterocycles. The number of aryl methyl sites for hydroxylation is 3. The number of allylic oxidation sites excluding steroid dienone is 1. The van der Waals surface area contributed by atoms with Gasteiger partial charge in [0.2, 0.25) is 0 Å². The molecule has 2 aromatic heterocycles. The van der Waals surface area contributed by atoms with Crippen LogP contribution in [0.4, 0.5) is 0 Å². The molecule has 9 heteroatoms. The fourth-order valence-electron chi connectivity index (χ4n) is 4.04. The van der Waals surface area contributed by atoms with Gasteiger partial charge in [0.1, 0.15) is 0 Å². The molecule has 2 heterocycles. The van der Waals surface area contributed by atoms with E-state index in [1.807, 2.05) is 30.3 Å². The number of aliphatic carboxylic acids is 1. The number of benzene rings is 1. The van der Waals surface area contributed by atoms with Crippen LogP contribution < -0.4 is 5.56 Å². The first-order valence-corrected chi connectivity index (χ1v) is 12.4. The van der Waals surface area contributed by atoms with Gasteiger partial charge in [-0.1, -0.05) is 49.7 Å². The van der Waals surface area contributed by atoms with E-state index in [9.17, 15) is 9.59 Å². The number of hydrogen-bond acceptors (Lipinski definition) is 5. The molecular weight excluding hydrogens is 466 g/mol. The van der Waals surface area contributed by atoms with Crippen LogP contribution in [0.5, 0.6) is 0 Å². The number of nitrogens with zero attached hydrogens (tertiary/aromatic N) is 4. The molecule has 184 valence electrons. The van der Waals surface area contributed by atoms with Gasteiger partial charge in [-0.15, -0.1) is 10.2 Å². The van der Waals surface area contributed by atoms with Crippen LogP contribution in [0, 0.1) is 5.92 Å². The molecule has 0 bridgehead atoms. The van der Waals surface area contributed by atoms with Gasteiger partial charge < -0.3 is 10.1 Å². The Morgan fingerprint density at radius 2 is 2.06 bits per heavy atom. The lowest BCUT2D eigenvalue weighted by Gasteiger charge is -2.13. The number of rotatable bonds is 11. The molecule has 35 heavy (non-hydrogen) atoms. The minimum atomic E-state index is -0.837. The maximum absolute atomic E-state index is 12.6. The van der Waals surface area contributed by atoms with Crippen LogP contribution in [-0.2, 0) is 24.2 Å². The Hall–Kier alpha value is -3.26. The summed E-state index contributed by atoms with van der Waals surface area (Å²) in [6.07, 6.45) is 6.07. The largest absolute Gasteiger partial charge is 0.481 e. The number of halogens is 1. The summed E-state index contributed by atoms with van der Waals surface area (Å²) in [4.78, 5) is 27.8. The van der Waals surface area contributed by atoms with Gasteiger partial charge in [0.05, 0.1) is 6.54 Å². The van der Waals surface area contributed by atoms with Crippen molar-refractivity contribution in [1.29, 1.82) is 0 Å². The highest BCUT2D eigenvalue weighted by atomic mass is 35.5. The first-order valence-electron chi connectivity index (χ1n) is 12.0. The van der Waals surface area contributed by atoms with Gasteiger partial charge in [-0.25, -0.2) is 0 Å². The second-order valence-electron chi connectivity index (χ2n) is 9.36. The molecule has 0 radical (unpaired) electrons. The molecule has 0 saturated heterocycles. The molecule has 1 saturated carbocycles. The lowest BCUT2D eigenvalue weighted by atomic mass is 9.96. The van der Waals surface area contributed by atoms with E-state index in [-0.39, 0.29) is 12.0 Å². The van der Waals surface area contributed by atoms with E-state index in [1.54, 1.807) is 0 Å². The van der Waals surface area contributed by atoms with Gasteiger partial charge in [0.15, 0.2) is 5.82 Å². The van der Waals surface area contributed by atoms with Gasteiger partial charge >= 0.3 is 5.97 Å². The lowest BCUT2D eigenvalue weighted by Crippen LogP contribution is -2.13. The third-order valence-corrected chi connectivity index (χ3v) is 6.32. The number of carbonyl (C=O) groups is 1. The van der Waals surface area contributed by atoms with Crippen molar-refractivity contribution in [2.24, 2.45) is 5.92 Å². The zero-order valence-electron chi connectivity index (χ0n) is 20.0. The van der Waals surface area contributed by atoms with Gasteiger partial charge in [0, 0.05) is 34.7 Å². The van der Waals surface area contributed by atoms with Crippen molar-refractivity contribution < 1.29 is 9.90 Å². The molecule has 1 aliphatic carbocycles. The predicted molar refractivity (Wildman–Crippen MR) is 135 cm³/mol. The Morgan fingerprint density at radius 3 is 2.71 bits per heavy atom. The standard InChI is InChI=1S/C26H30ClN5O3/c1-16(2)14-21(23-11-10-20(17-5-6-17)26(35)28-23)19-8-7-18(22(27)15-19)9-12-24-29-31-32(30-24)13-3-4-25(33)34/h7-8,10-11,14-17H,3-6,9,12-13H2,1-2H3,(H,28,35)(H,33,34)/b21-14+. The van der Waals surface area contributed by atoms with Crippen LogP contribution in [0.2, 0.25) is 5.02 Å². The zero-order valence-corrected chi connectivity index (χ0v) is 20.8. The zero-order chi connectivity index (χ0) is 24.9. The normalized spacial score (nSPS) is 14.0. The van der Waals surface area contributed by atoms with Gasteiger partial charge in [-0.3, -0.25) is 9.59 Å². The predicted octanol–water partition coefficient (Wildman–Crippen LogP) is 4.63. The number of carboxylic acids is 1. The fourth-order valence-corrected chi connectivity index (χ4v) is 4.31. The van der Waals surface area contributed by atoms with Crippen molar-refractivity contribution in [3.8, 4) is 0 Å². The second kappa shape index (κ2) is 11.0. The minimum absolute atomic E-state index is 0.00844. The summed E-state index contributed by atoms with van der Waals surface area (Å²) in [6.45, 7) is 4.63. The Balaban J connectivity index is 1.47. The highest BCUT2D eigenvalue weighted by molar-refractivity contribution is 6.31. The third kappa shape index (κ3) is 6.66. The minimum Gasteiger partial charge on any atom is -0.481 e. The Kier molecular flexibility index (Phi) is 7.80. The summed E-state index contributed by atoms with van der Waals surface area (Å²) in [7, 11) is 0. The highest BCUT2D eigenvalue weighted by Gasteiger charge is 2.26. The van der Waals surface area contributed by atoms with Crippen LogP contribution in [0.1, 0.15) is 73.7 Å². The summed E-state index contributed by atoms with van der Waals surface area (Å²) in [5.41, 5.74) is 4.53. The maximum Gasteiger partial charge on any atom is 0.303 e. The van der Waals surface area contributed by atoms with Crippen LogP contribution >= 0.6 is 11.6 Å². The monoisotopic (exact) mass is 495 g/mol. The van der Waals surface area contributed by atoms with E-state index in [4.69, 9.17) is 16.7 Å². The van der Waals surface area contributed by atoms with E-state index >= 15 is 0 Å². The quantitative estimate of drug-likeness (QED) is 0.401. The van der Waals surface area contributed by atoms with Gasteiger partial charge in [-0.05, 0) is 66.0 Å². The van der Waals surface area contributed by atoms with Crippen molar-refractivity contribution in [2.45, 2.75) is 64.8 Å². The number of H-pyrrole nitrogens is 1. The Morgan fingerprint density at radius 1 is 1.26 bits per heavy atom. The van der Waals surface area contributed by atoms with Crippen molar-refractivity contribution in [3.63, 3.8) is 0 Å². The molecule has 1 aromatic carbocycles.